The van der Waals surface area contributed by atoms with E-state index in [1.165, 1.54) is 70.0 Å². The van der Waals surface area contributed by atoms with Gasteiger partial charge in [0.05, 0.1) is 5.52 Å². The van der Waals surface area contributed by atoms with Crippen molar-refractivity contribution in [3.8, 4) is 0 Å². The first kappa shape index (κ1) is 18.0. The fourth-order valence-corrected chi connectivity index (χ4v) is 5.52. The van der Waals surface area contributed by atoms with Gasteiger partial charge in [0.25, 0.3) is 0 Å². The third-order valence-electron chi connectivity index (χ3n) is 7.25. The first-order chi connectivity index (χ1) is 16.8. The summed E-state index contributed by atoms with van der Waals surface area (Å²) in [5.41, 5.74) is 1.04. The fraction of sp³-hybridized carbons (Fsp3) is 0. The molecule has 0 saturated heterocycles. The van der Waals surface area contributed by atoms with E-state index in [1.807, 2.05) is 12.3 Å². The highest BCUT2D eigenvalue weighted by molar-refractivity contribution is 6.12. The van der Waals surface area contributed by atoms with Crippen molar-refractivity contribution in [2.24, 2.45) is 0 Å². The van der Waals surface area contributed by atoms with Crippen LogP contribution in [0.3, 0.4) is 0 Å². The molecule has 0 aliphatic heterocycles. The number of pyridine rings is 1. The zero-order valence-corrected chi connectivity index (χ0v) is 18.4. The third kappa shape index (κ3) is 2.64. The van der Waals surface area contributed by atoms with Crippen molar-refractivity contribution in [1.82, 2.24) is 4.98 Å². The van der Waals surface area contributed by atoms with Crippen LogP contribution in [0, 0.1) is 0 Å². The number of nitrogens with zero attached hydrogens (tertiary/aromatic N) is 1. The molecule has 1 heterocycles. The third-order valence-corrected chi connectivity index (χ3v) is 7.25. The Morgan fingerprint density at radius 1 is 0.294 bits per heavy atom. The average Bonchev–Trinajstić information content (AvgIpc) is 2.86. The maximum absolute atomic E-state index is 4.54. The molecule has 8 aromatic rings. The van der Waals surface area contributed by atoms with Crippen LogP contribution in [0.2, 0.25) is 0 Å². The topological polar surface area (TPSA) is 12.9 Å². The minimum absolute atomic E-state index is 1.04. The summed E-state index contributed by atoms with van der Waals surface area (Å²) in [5.74, 6) is 0. The van der Waals surface area contributed by atoms with E-state index in [2.05, 4.69) is 108 Å². The monoisotopic (exact) mass is 429 g/mol. The molecule has 0 aliphatic rings. The molecular weight excluding hydrogens is 410 g/mol. The lowest BCUT2D eigenvalue weighted by Crippen LogP contribution is -1.83. The number of fused-ring (bicyclic) bond motifs is 7. The van der Waals surface area contributed by atoms with E-state index in [4.69, 9.17) is 0 Å². The molecule has 8 rings (SSSR count). The summed E-state index contributed by atoms with van der Waals surface area (Å²) in [4.78, 5) is 4.54. The Balaban J connectivity index is 1.40. The van der Waals surface area contributed by atoms with E-state index in [0.717, 1.165) is 5.52 Å². The van der Waals surface area contributed by atoms with Crippen molar-refractivity contribution in [1.29, 1.82) is 0 Å². The minimum Gasteiger partial charge on any atom is -0.256 e. The number of rotatable bonds is 0. The largest absolute Gasteiger partial charge is 0.256 e. The summed E-state index contributed by atoms with van der Waals surface area (Å²) in [6.07, 6.45) is 1.86. The second kappa shape index (κ2) is 6.52. The molecule has 1 heteroatoms. The predicted molar refractivity (Wildman–Crippen MR) is 147 cm³/mol. The van der Waals surface area contributed by atoms with Gasteiger partial charge in [0, 0.05) is 11.6 Å². The van der Waals surface area contributed by atoms with Crippen LogP contribution in [0.25, 0.3) is 75.5 Å². The molecule has 0 unspecified atom stereocenters. The number of hydrogen-bond acceptors (Lipinski definition) is 1. The smallest absolute Gasteiger partial charge is 0.0708 e. The Morgan fingerprint density at radius 2 is 0.618 bits per heavy atom. The summed E-state index contributed by atoms with van der Waals surface area (Å²) < 4.78 is 0. The van der Waals surface area contributed by atoms with Crippen LogP contribution in [-0.4, -0.2) is 4.98 Å². The number of benzene rings is 7. The Kier molecular flexibility index (Phi) is 3.45. The number of aromatic nitrogens is 1. The Bertz CT molecular complexity index is 1820. The molecule has 0 radical (unpaired) electrons. The average molecular weight is 430 g/mol. The van der Waals surface area contributed by atoms with Crippen molar-refractivity contribution in [3.05, 3.63) is 115 Å². The Hall–Kier alpha value is -4.49. The summed E-state index contributed by atoms with van der Waals surface area (Å²) in [6, 6.07) is 40.4. The van der Waals surface area contributed by atoms with Gasteiger partial charge in [-0.05, 0) is 143 Å². The SMILES string of the molecule is c1ccc2cc3cc4cc5cc6cc7cc8ncccc8cc7cc6cc5cc4cc3cc2c1. The van der Waals surface area contributed by atoms with Gasteiger partial charge >= 0.3 is 0 Å². The molecule has 0 aliphatic carbocycles. The van der Waals surface area contributed by atoms with Crippen LogP contribution >= 0.6 is 0 Å². The molecule has 0 fully saturated rings. The van der Waals surface area contributed by atoms with E-state index in [1.54, 1.807) is 0 Å². The van der Waals surface area contributed by atoms with Crippen molar-refractivity contribution in [3.63, 3.8) is 0 Å². The van der Waals surface area contributed by atoms with Crippen molar-refractivity contribution in [2.75, 3.05) is 0 Å². The van der Waals surface area contributed by atoms with Gasteiger partial charge in [0.2, 0.25) is 0 Å². The quantitative estimate of drug-likeness (QED) is 0.219. The van der Waals surface area contributed by atoms with Gasteiger partial charge in [0.1, 0.15) is 0 Å². The lowest BCUT2D eigenvalue weighted by molar-refractivity contribution is 1.42. The molecule has 0 N–H and O–H groups in total. The van der Waals surface area contributed by atoms with Gasteiger partial charge in [-0.1, -0.05) is 30.3 Å². The van der Waals surface area contributed by atoms with Crippen LogP contribution in [0.4, 0.5) is 0 Å². The highest BCUT2D eigenvalue weighted by Gasteiger charge is 2.07. The van der Waals surface area contributed by atoms with Gasteiger partial charge in [0.15, 0.2) is 0 Å². The van der Waals surface area contributed by atoms with Crippen LogP contribution in [-0.2, 0) is 0 Å². The second-order valence-electron chi connectivity index (χ2n) is 9.39. The predicted octanol–water partition coefficient (Wildman–Crippen LogP) is 9.15. The Morgan fingerprint density at radius 3 is 1.06 bits per heavy atom. The maximum Gasteiger partial charge on any atom is 0.0708 e. The molecule has 1 aromatic heterocycles. The maximum atomic E-state index is 4.54. The molecule has 0 bridgehead atoms. The lowest BCUT2D eigenvalue weighted by atomic mass is 9.95. The normalized spacial score (nSPS) is 12.1. The number of hydrogen-bond donors (Lipinski definition) is 0. The molecule has 0 spiro atoms. The van der Waals surface area contributed by atoms with Gasteiger partial charge in [-0.15, -0.1) is 0 Å². The van der Waals surface area contributed by atoms with E-state index in [9.17, 15) is 0 Å². The van der Waals surface area contributed by atoms with Crippen molar-refractivity contribution < 1.29 is 0 Å². The summed E-state index contributed by atoms with van der Waals surface area (Å²) in [7, 11) is 0. The van der Waals surface area contributed by atoms with E-state index in [0.29, 0.717) is 0 Å². The Labute approximate surface area is 195 Å². The molecule has 156 valence electrons. The summed E-state index contributed by atoms with van der Waals surface area (Å²) >= 11 is 0. The summed E-state index contributed by atoms with van der Waals surface area (Å²) in [6.45, 7) is 0. The van der Waals surface area contributed by atoms with Crippen LogP contribution in [0.1, 0.15) is 0 Å². The molecule has 0 amide bonds. The van der Waals surface area contributed by atoms with Crippen LogP contribution in [0.5, 0.6) is 0 Å². The van der Waals surface area contributed by atoms with Crippen LogP contribution in [0.15, 0.2) is 115 Å². The highest BCUT2D eigenvalue weighted by Crippen LogP contribution is 2.33. The molecule has 34 heavy (non-hydrogen) atoms. The molecular formula is C33H19N. The van der Waals surface area contributed by atoms with E-state index in [-0.39, 0.29) is 0 Å². The molecule has 7 aromatic carbocycles. The zero-order valence-electron chi connectivity index (χ0n) is 18.4. The van der Waals surface area contributed by atoms with E-state index >= 15 is 0 Å². The first-order valence-corrected chi connectivity index (χ1v) is 11.7. The van der Waals surface area contributed by atoms with E-state index < -0.39 is 0 Å². The van der Waals surface area contributed by atoms with Gasteiger partial charge in [-0.25, -0.2) is 0 Å². The van der Waals surface area contributed by atoms with Gasteiger partial charge < -0.3 is 0 Å². The van der Waals surface area contributed by atoms with Crippen LogP contribution < -0.4 is 0 Å². The van der Waals surface area contributed by atoms with Gasteiger partial charge in [-0.2, -0.15) is 0 Å². The fourth-order valence-electron chi connectivity index (χ4n) is 5.52. The highest BCUT2D eigenvalue weighted by atomic mass is 14.6. The van der Waals surface area contributed by atoms with Crippen molar-refractivity contribution in [2.45, 2.75) is 0 Å². The molecule has 0 atom stereocenters. The van der Waals surface area contributed by atoms with Crippen molar-refractivity contribution >= 4 is 75.5 Å². The molecule has 1 nitrogen and oxygen atoms in total. The molecule has 0 saturated carbocycles. The lowest BCUT2D eigenvalue weighted by Gasteiger charge is -2.09. The zero-order chi connectivity index (χ0) is 22.2. The standard InChI is InChI=1S/C33H19N/c1-2-5-21-9-24-12-27-15-30-17-31-18-32-19-33-22(6-3-7-34-33)10-25(32)13-28(31)16-29(30)14-26(27)11-23(24)8-20(21)4-1/h1-19H. The second-order valence-corrected chi connectivity index (χ2v) is 9.39. The summed E-state index contributed by atoms with van der Waals surface area (Å²) in [5, 5.41) is 16.5. The van der Waals surface area contributed by atoms with Gasteiger partial charge in [-0.3, -0.25) is 4.98 Å². The first-order valence-electron chi connectivity index (χ1n) is 11.7. The minimum atomic E-state index is 1.04.